The van der Waals surface area contributed by atoms with E-state index in [9.17, 15) is 9.18 Å². The third-order valence-electron chi connectivity index (χ3n) is 4.07. The molecule has 0 saturated carbocycles. The molecule has 0 aliphatic heterocycles. The van der Waals surface area contributed by atoms with Crippen molar-refractivity contribution >= 4 is 17.4 Å². The van der Waals surface area contributed by atoms with Crippen LogP contribution in [0, 0.1) is 5.82 Å². The Morgan fingerprint density at radius 1 is 1.05 bits per heavy atom. The zero-order chi connectivity index (χ0) is 13.1. The third-order valence-corrected chi connectivity index (χ3v) is 4.42. The number of fused-ring (bicyclic) bond motifs is 4. The maximum absolute atomic E-state index is 14.0. The van der Waals surface area contributed by atoms with Crippen LogP contribution < -0.4 is 0 Å². The lowest BCUT2D eigenvalue weighted by atomic mass is 9.98. The second kappa shape index (κ2) is 3.67. The van der Waals surface area contributed by atoms with Crippen molar-refractivity contribution in [3.63, 3.8) is 0 Å². The van der Waals surface area contributed by atoms with Crippen molar-refractivity contribution in [2.24, 2.45) is 0 Å². The van der Waals surface area contributed by atoms with Crippen LogP contribution in [0.3, 0.4) is 0 Å². The van der Waals surface area contributed by atoms with Gasteiger partial charge < -0.3 is 0 Å². The normalized spacial score (nSPS) is 15.4. The minimum absolute atomic E-state index is 0.00736. The summed E-state index contributed by atoms with van der Waals surface area (Å²) in [5.74, 6) is -0.537. The molecule has 0 bridgehead atoms. The third kappa shape index (κ3) is 1.44. The molecule has 3 heteroatoms. The van der Waals surface area contributed by atoms with Gasteiger partial charge in [-0.15, -0.1) is 0 Å². The molecular formula is C16H10ClFO. The fourth-order valence-electron chi connectivity index (χ4n) is 3.02. The second-order valence-electron chi connectivity index (χ2n) is 5.10. The fraction of sp³-hybridized carbons (Fsp3) is 0.188. The van der Waals surface area contributed by atoms with Crippen LogP contribution in [0.2, 0.25) is 5.02 Å². The average Bonchev–Trinajstić information content (AvgIpc) is 3.21. The zero-order valence-electron chi connectivity index (χ0n) is 10.1. The summed E-state index contributed by atoms with van der Waals surface area (Å²) in [6.45, 7) is 0. The van der Waals surface area contributed by atoms with E-state index in [1.165, 1.54) is 0 Å². The topological polar surface area (TPSA) is 17.1 Å². The molecule has 1 nitrogen and oxygen atoms in total. The average molecular weight is 273 g/mol. The molecule has 0 N–H and O–H groups in total. The van der Waals surface area contributed by atoms with Gasteiger partial charge in [0.05, 0.1) is 5.02 Å². The van der Waals surface area contributed by atoms with Crippen LogP contribution in [0.1, 0.15) is 38.2 Å². The number of hydrogen-bond acceptors (Lipinski definition) is 1. The van der Waals surface area contributed by atoms with E-state index in [1.54, 1.807) is 6.07 Å². The Balaban J connectivity index is 2.03. The van der Waals surface area contributed by atoms with Crippen LogP contribution in [-0.2, 0) is 19.3 Å². The molecule has 0 aromatic heterocycles. The summed E-state index contributed by atoms with van der Waals surface area (Å²) in [7, 11) is 0. The van der Waals surface area contributed by atoms with E-state index in [4.69, 9.17) is 11.6 Å². The highest BCUT2D eigenvalue weighted by molar-refractivity contribution is 6.35. The molecule has 0 saturated heterocycles. The van der Waals surface area contributed by atoms with Crippen molar-refractivity contribution in [3.05, 3.63) is 68.5 Å². The monoisotopic (exact) mass is 272 g/mol. The second-order valence-corrected chi connectivity index (χ2v) is 5.48. The molecule has 0 heterocycles. The van der Waals surface area contributed by atoms with Gasteiger partial charge in [-0.2, -0.15) is 0 Å². The minimum Gasteiger partial charge on any atom is -0.289 e. The molecule has 0 spiro atoms. The van der Waals surface area contributed by atoms with Gasteiger partial charge in [0.25, 0.3) is 0 Å². The SMILES string of the molecule is O=C1c2ccccc2CCc2c3c(c(F)c(Cl)c21)C3. The van der Waals surface area contributed by atoms with Gasteiger partial charge in [-0.05, 0) is 35.1 Å². The highest BCUT2D eigenvalue weighted by Crippen LogP contribution is 2.43. The van der Waals surface area contributed by atoms with Crippen molar-refractivity contribution in [1.82, 2.24) is 0 Å². The number of halogens is 2. The molecule has 2 aromatic carbocycles. The highest BCUT2D eigenvalue weighted by atomic mass is 35.5. The minimum atomic E-state index is -0.400. The van der Waals surface area contributed by atoms with E-state index in [2.05, 4.69) is 0 Å². The van der Waals surface area contributed by atoms with E-state index >= 15 is 0 Å². The first-order valence-electron chi connectivity index (χ1n) is 6.32. The van der Waals surface area contributed by atoms with Gasteiger partial charge in [-0.1, -0.05) is 35.9 Å². The van der Waals surface area contributed by atoms with Gasteiger partial charge in [-0.25, -0.2) is 4.39 Å². The predicted octanol–water partition coefficient (Wildman–Crippen LogP) is 3.71. The van der Waals surface area contributed by atoms with E-state index in [1.807, 2.05) is 18.2 Å². The van der Waals surface area contributed by atoms with E-state index in [0.29, 0.717) is 23.1 Å². The molecule has 0 amide bonds. The smallest absolute Gasteiger partial charge is 0.195 e. The fourth-order valence-corrected chi connectivity index (χ4v) is 3.34. The Kier molecular flexibility index (Phi) is 2.16. The van der Waals surface area contributed by atoms with Gasteiger partial charge in [0.1, 0.15) is 5.82 Å². The summed E-state index contributed by atoms with van der Waals surface area (Å²) in [6.07, 6.45) is 2.22. The van der Waals surface area contributed by atoms with Crippen LogP contribution in [0.4, 0.5) is 4.39 Å². The Labute approximate surface area is 115 Å². The van der Waals surface area contributed by atoms with Crippen molar-refractivity contribution in [1.29, 1.82) is 0 Å². The number of carbonyl (C=O) groups is 1. The molecule has 0 atom stereocenters. The predicted molar refractivity (Wildman–Crippen MR) is 71.5 cm³/mol. The number of rotatable bonds is 0. The van der Waals surface area contributed by atoms with E-state index in [-0.39, 0.29) is 10.8 Å². The lowest BCUT2D eigenvalue weighted by Crippen LogP contribution is -2.06. The van der Waals surface area contributed by atoms with Crippen LogP contribution in [0.25, 0.3) is 0 Å². The number of benzene rings is 2. The summed E-state index contributed by atoms with van der Waals surface area (Å²) < 4.78 is 14.0. The van der Waals surface area contributed by atoms with Gasteiger partial charge in [0.15, 0.2) is 5.78 Å². The van der Waals surface area contributed by atoms with Crippen LogP contribution in [0.15, 0.2) is 24.3 Å². The van der Waals surface area contributed by atoms with E-state index in [0.717, 1.165) is 29.5 Å². The lowest BCUT2D eigenvalue weighted by Gasteiger charge is -2.07. The van der Waals surface area contributed by atoms with Crippen molar-refractivity contribution in [2.45, 2.75) is 19.3 Å². The maximum atomic E-state index is 14.0. The molecule has 2 aliphatic rings. The van der Waals surface area contributed by atoms with Gasteiger partial charge >= 0.3 is 0 Å². The number of carbonyl (C=O) groups excluding carboxylic acids is 1. The lowest BCUT2D eigenvalue weighted by molar-refractivity contribution is 0.103. The van der Waals surface area contributed by atoms with Gasteiger partial charge in [-0.3, -0.25) is 4.79 Å². The quantitative estimate of drug-likeness (QED) is 0.610. The van der Waals surface area contributed by atoms with E-state index < -0.39 is 5.82 Å². The summed E-state index contributed by atoms with van der Waals surface area (Å²) in [6, 6.07) is 7.52. The Morgan fingerprint density at radius 3 is 2.68 bits per heavy atom. The summed E-state index contributed by atoms with van der Waals surface area (Å²) in [5.41, 5.74) is 4.72. The number of hydrogen-bond donors (Lipinski definition) is 0. The molecule has 19 heavy (non-hydrogen) atoms. The van der Waals surface area contributed by atoms with Gasteiger partial charge in [0.2, 0.25) is 0 Å². The first-order chi connectivity index (χ1) is 9.18. The standard InChI is InChI=1S/C16H10ClFO/c17-14-13-10(11-7-12(11)15(14)18)6-5-8-3-1-2-4-9(8)16(13)19/h1-4H,5-7H2. The van der Waals surface area contributed by atoms with Crippen molar-refractivity contribution in [2.75, 3.05) is 0 Å². The molecule has 2 aromatic rings. The van der Waals surface area contributed by atoms with Crippen LogP contribution in [-0.4, -0.2) is 5.78 Å². The summed E-state index contributed by atoms with van der Waals surface area (Å²) >= 11 is 6.09. The molecule has 4 rings (SSSR count). The van der Waals surface area contributed by atoms with Crippen LogP contribution >= 0.6 is 11.6 Å². The van der Waals surface area contributed by atoms with Gasteiger partial charge in [0, 0.05) is 17.5 Å². The highest BCUT2D eigenvalue weighted by Gasteiger charge is 2.35. The first-order valence-corrected chi connectivity index (χ1v) is 6.70. The molecule has 0 fully saturated rings. The maximum Gasteiger partial charge on any atom is 0.195 e. The molecule has 0 radical (unpaired) electrons. The Hall–Kier alpha value is -1.67. The van der Waals surface area contributed by atoms with Crippen LogP contribution in [0.5, 0.6) is 0 Å². The molecule has 94 valence electrons. The number of aryl methyl sites for hydroxylation is 1. The largest absolute Gasteiger partial charge is 0.289 e. The van der Waals surface area contributed by atoms with Crippen molar-refractivity contribution < 1.29 is 9.18 Å². The Bertz CT molecular complexity index is 749. The first kappa shape index (κ1) is 11.2. The summed E-state index contributed by atoms with van der Waals surface area (Å²) in [5, 5.41) is 0.00736. The molecule has 0 unspecified atom stereocenters. The van der Waals surface area contributed by atoms with Crippen molar-refractivity contribution in [3.8, 4) is 0 Å². The molecular weight excluding hydrogens is 263 g/mol. The Morgan fingerprint density at radius 2 is 1.84 bits per heavy atom. The summed E-state index contributed by atoms with van der Waals surface area (Å²) in [4.78, 5) is 12.6. The zero-order valence-corrected chi connectivity index (χ0v) is 10.9. The number of ketones is 1. The molecule has 2 aliphatic carbocycles.